The molecule has 0 aliphatic carbocycles. The molecule has 1 heterocycles. The van der Waals surface area contributed by atoms with Crippen molar-refractivity contribution in [1.29, 1.82) is 0 Å². The van der Waals surface area contributed by atoms with Crippen molar-refractivity contribution >= 4 is 24.8 Å². The molecule has 23 heavy (non-hydrogen) atoms. The van der Waals surface area contributed by atoms with Gasteiger partial charge in [0.25, 0.3) is 0 Å². The zero-order chi connectivity index (χ0) is 15.3. The number of rotatable bonds is 5. The lowest BCUT2D eigenvalue weighted by atomic mass is 10.0. The van der Waals surface area contributed by atoms with Crippen molar-refractivity contribution in [2.75, 3.05) is 26.2 Å². The van der Waals surface area contributed by atoms with E-state index in [1.165, 1.54) is 5.56 Å². The van der Waals surface area contributed by atoms with Crippen LogP contribution in [-0.2, 0) is 0 Å². The van der Waals surface area contributed by atoms with Gasteiger partial charge < -0.3 is 10.1 Å². The van der Waals surface area contributed by atoms with E-state index in [0.29, 0.717) is 6.04 Å². The molecule has 0 amide bonds. The van der Waals surface area contributed by atoms with Crippen LogP contribution in [0, 0.1) is 0 Å². The topological polar surface area (TPSA) is 24.5 Å². The van der Waals surface area contributed by atoms with Crippen LogP contribution in [0.25, 0.3) is 0 Å². The van der Waals surface area contributed by atoms with Crippen molar-refractivity contribution in [1.82, 2.24) is 10.2 Å². The third-order valence-electron chi connectivity index (χ3n) is 3.67. The summed E-state index contributed by atoms with van der Waals surface area (Å²) >= 11 is 0. The summed E-state index contributed by atoms with van der Waals surface area (Å²) < 4.78 is 5.90. The van der Waals surface area contributed by atoms with Crippen LogP contribution >= 0.6 is 24.8 Å². The minimum atomic E-state index is -0.152. The van der Waals surface area contributed by atoms with E-state index in [0.717, 1.165) is 38.3 Å². The molecule has 0 saturated carbocycles. The predicted molar refractivity (Wildman–Crippen MR) is 103 cm³/mol. The van der Waals surface area contributed by atoms with Gasteiger partial charge in [-0.3, -0.25) is 4.90 Å². The Kier molecular flexibility index (Phi) is 9.86. The molecular weight excluding hydrogens is 331 g/mol. The molecule has 1 N–H and O–H groups in total. The summed E-state index contributed by atoms with van der Waals surface area (Å²) in [5.74, 6) is 0.934. The molecule has 1 saturated heterocycles. The van der Waals surface area contributed by atoms with Crippen LogP contribution in [0.2, 0.25) is 0 Å². The van der Waals surface area contributed by atoms with E-state index in [4.69, 9.17) is 4.74 Å². The molecule has 1 aromatic carbocycles. The zero-order valence-corrected chi connectivity index (χ0v) is 16.0. The fraction of sp³-hybridized carbons (Fsp3) is 0.556. The van der Waals surface area contributed by atoms with Crippen LogP contribution in [-0.4, -0.2) is 36.7 Å². The van der Waals surface area contributed by atoms with Gasteiger partial charge in [0, 0.05) is 32.2 Å². The van der Waals surface area contributed by atoms with Gasteiger partial charge >= 0.3 is 0 Å². The first-order valence-electron chi connectivity index (χ1n) is 7.84. The van der Waals surface area contributed by atoms with Gasteiger partial charge in [-0.25, -0.2) is 0 Å². The summed E-state index contributed by atoms with van der Waals surface area (Å²) in [5, 5.41) is 3.41. The molecule has 3 nitrogen and oxygen atoms in total. The quantitative estimate of drug-likeness (QED) is 0.795. The summed E-state index contributed by atoms with van der Waals surface area (Å²) in [4.78, 5) is 2.54. The highest BCUT2D eigenvalue weighted by Crippen LogP contribution is 2.27. The number of ether oxygens (including phenoxy) is 1. The van der Waals surface area contributed by atoms with Gasteiger partial charge in [0.15, 0.2) is 0 Å². The van der Waals surface area contributed by atoms with Crippen molar-refractivity contribution in [2.24, 2.45) is 0 Å². The Hall–Kier alpha value is -0.740. The van der Waals surface area contributed by atoms with Gasteiger partial charge in [-0.15, -0.1) is 31.4 Å². The van der Waals surface area contributed by atoms with Gasteiger partial charge in [-0.2, -0.15) is 0 Å². The Morgan fingerprint density at radius 1 is 1.17 bits per heavy atom. The van der Waals surface area contributed by atoms with Gasteiger partial charge in [0.05, 0.1) is 0 Å². The van der Waals surface area contributed by atoms with Gasteiger partial charge in [-0.05, 0) is 44.9 Å². The van der Waals surface area contributed by atoms with Crippen LogP contribution in [0.1, 0.15) is 38.8 Å². The molecule has 0 unspecified atom stereocenters. The lowest BCUT2D eigenvalue weighted by molar-refractivity contribution is 0.130. The van der Waals surface area contributed by atoms with E-state index in [2.05, 4.69) is 61.8 Å². The molecule has 1 aromatic rings. The summed E-state index contributed by atoms with van der Waals surface area (Å²) in [5.41, 5.74) is 1.19. The SMILES string of the molecule is C=CC[C@H](c1ccc(OC(C)(C)C)cc1)N1CCNCC1.Cl.Cl. The normalized spacial score (nSPS) is 16.7. The Balaban J connectivity index is 0.00000242. The average molecular weight is 361 g/mol. The molecule has 0 aromatic heterocycles. The van der Waals surface area contributed by atoms with Crippen LogP contribution in [0.5, 0.6) is 5.75 Å². The fourth-order valence-electron chi connectivity index (χ4n) is 2.76. The first-order valence-corrected chi connectivity index (χ1v) is 7.84. The van der Waals surface area contributed by atoms with Gasteiger partial charge in [0.2, 0.25) is 0 Å². The summed E-state index contributed by atoms with van der Waals surface area (Å²) in [6, 6.07) is 8.97. The molecule has 0 spiro atoms. The molecule has 0 radical (unpaired) electrons. The first-order chi connectivity index (χ1) is 9.99. The van der Waals surface area contributed by atoms with E-state index in [1.807, 2.05) is 6.08 Å². The summed E-state index contributed by atoms with van der Waals surface area (Å²) in [7, 11) is 0. The third-order valence-corrected chi connectivity index (χ3v) is 3.67. The van der Waals surface area contributed by atoms with Crippen molar-refractivity contribution in [3.05, 3.63) is 42.5 Å². The lowest BCUT2D eigenvalue weighted by Crippen LogP contribution is -2.45. The lowest BCUT2D eigenvalue weighted by Gasteiger charge is -2.35. The van der Waals surface area contributed by atoms with E-state index in [-0.39, 0.29) is 30.4 Å². The monoisotopic (exact) mass is 360 g/mol. The van der Waals surface area contributed by atoms with Crippen LogP contribution in [0.15, 0.2) is 36.9 Å². The van der Waals surface area contributed by atoms with Crippen molar-refractivity contribution in [2.45, 2.75) is 38.8 Å². The standard InChI is InChI=1S/C18H28N2O.2ClH/c1-5-6-17(20-13-11-19-12-14-20)15-7-9-16(10-8-15)21-18(2,3)4;;/h5,7-10,17,19H,1,6,11-14H2,2-4H3;2*1H/t17-;;/m1../s1. The smallest absolute Gasteiger partial charge is 0.120 e. The molecule has 5 heteroatoms. The van der Waals surface area contributed by atoms with E-state index >= 15 is 0 Å². The summed E-state index contributed by atoms with van der Waals surface area (Å²) in [6.45, 7) is 14.5. The van der Waals surface area contributed by atoms with E-state index < -0.39 is 0 Å². The number of halogens is 2. The number of hydrogen-bond acceptors (Lipinski definition) is 3. The minimum Gasteiger partial charge on any atom is -0.488 e. The largest absolute Gasteiger partial charge is 0.488 e. The Labute approximate surface area is 153 Å². The van der Waals surface area contributed by atoms with Crippen molar-refractivity contribution in [3.63, 3.8) is 0 Å². The van der Waals surface area contributed by atoms with Crippen LogP contribution < -0.4 is 10.1 Å². The second kappa shape index (κ2) is 10.2. The van der Waals surface area contributed by atoms with Crippen LogP contribution in [0.3, 0.4) is 0 Å². The molecule has 1 aliphatic heterocycles. The molecule has 132 valence electrons. The Bertz CT molecular complexity index is 451. The Morgan fingerprint density at radius 2 is 1.74 bits per heavy atom. The number of nitrogens with zero attached hydrogens (tertiary/aromatic N) is 1. The fourth-order valence-corrected chi connectivity index (χ4v) is 2.76. The van der Waals surface area contributed by atoms with E-state index in [9.17, 15) is 0 Å². The van der Waals surface area contributed by atoms with Crippen molar-refractivity contribution < 1.29 is 4.74 Å². The molecule has 0 bridgehead atoms. The zero-order valence-electron chi connectivity index (χ0n) is 14.4. The Morgan fingerprint density at radius 3 is 2.22 bits per heavy atom. The highest BCUT2D eigenvalue weighted by atomic mass is 35.5. The highest BCUT2D eigenvalue weighted by molar-refractivity contribution is 5.85. The second-order valence-electron chi connectivity index (χ2n) is 6.61. The first kappa shape index (κ1) is 22.3. The predicted octanol–water partition coefficient (Wildman–Crippen LogP) is 4.23. The number of hydrogen-bond donors (Lipinski definition) is 1. The molecular formula is C18H30Cl2N2O. The number of nitrogens with one attached hydrogen (secondary N) is 1. The maximum Gasteiger partial charge on any atom is 0.120 e. The maximum absolute atomic E-state index is 5.90. The van der Waals surface area contributed by atoms with Gasteiger partial charge in [-0.1, -0.05) is 18.2 Å². The molecule has 2 rings (SSSR count). The highest BCUT2D eigenvalue weighted by Gasteiger charge is 2.21. The molecule has 1 atom stereocenters. The van der Waals surface area contributed by atoms with Gasteiger partial charge in [0.1, 0.15) is 11.4 Å². The average Bonchev–Trinajstić information content (AvgIpc) is 2.45. The minimum absolute atomic E-state index is 0. The molecule has 1 fully saturated rings. The number of benzene rings is 1. The second-order valence-corrected chi connectivity index (χ2v) is 6.61. The maximum atomic E-state index is 5.90. The van der Waals surface area contributed by atoms with E-state index in [1.54, 1.807) is 0 Å². The van der Waals surface area contributed by atoms with Crippen molar-refractivity contribution in [3.8, 4) is 5.75 Å². The summed E-state index contributed by atoms with van der Waals surface area (Å²) in [6.07, 6.45) is 3.01. The number of piperazine rings is 1. The van der Waals surface area contributed by atoms with Crippen LogP contribution in [0.4, 0.5) is 0 Å². The third kappa shape index (κ3) is 7.13. The molecule has 1 aliphatic rings.